The van der Waals surface area contributed by atoms with Crippen LogP contribution in [0.4, 0.5) is 0 Å². The van der Waals surface area contributed by atoms with Gasteiger partial charge in [-0.25, -0.2) is 0 Å². The van der Waals surface area contributed by atoms with Crippen molar-refractivity contribution in [2.24, 2.45) is 0 Å². The van der Waals surface area contributed by atoms with Gasteiger partial charge in [0.1, 0.15) is 5.54 Å². The number of carbonyl (C=O) groups excluding carboxylic acids is 2. The molecule has 0 aromatic rings. The summed E-state index contributed by atoms with van der Waals surface area (Å²) in [5.41, 5.74) is -0.612. The predicted octanol–water partition coefficient (Wildman–Crippen LogP) is 1.35. The third-order valence-corrected chi connectivity index (χ3v) is 5.19. The Balaban J connectivity index is 2.17. The van der Waals surface area contributed by atoms with Crippen molar-refractivity contribution in [3.63, 3.8) is 0 Å². The van der Waals surface area contributed by atoms with Crippen LogP contribution in [0, 0.1) is 0 Å². The van der Waals surface area contributed by atoms with Gasteiger partial charge in [0.25, 0.3) is 0 Å². The topological polar surface area (TPSA) is 76.7 Å². The maximum atomic E-state index is 12.2. The van der Waals surface area contributed by atoms with E-state index >= 15 is 0 Å². The van der Waals surface area contributed by atoms with Crippen molar-refractivity contribution in [1.82, 2.24) is 10.6 Å². The molecule has 0 aromatic carbocycles. The quantitative estimate of drug-likeness (QED) is 0.769. The van der Waals surface area contributed by atoms with Gasteiger partial charge in [0.15, 0.2) is 0 Å². The molecule has 1 aliphatic heterocycles. The monoisotopic (exact) mass is 322 g/mol. The first kappa shape index (κ1) is 18.0. The SMILES string of the molecule is CNC(=O)C1(NC(C)=O)CC=C(B2OC(C)(C)C(C)(C)O2)CC1. The lowest BCUT2D eigenvalue weighted by atomic mass is 9.68. The number of carbonyl (C=O) groups is 2. The fourth-order valence-corrected chi connectivity index (χ4v) is 3.03. The normalized spacial score (nSPS) is 29.0. The average Bonchev–Trinajstić information content (AvgIpc) is 2.66. The molecule has 2 aliphatic rings. The Kier molecular flexibility index (Phi) is 4.65. The summed E-state index contributed by atoms with van der Waals surface area (Å²) in [5.74, 6) is -0.377. The van der Waals surface area contributed by atoms with Crippen LogP contribution in [0.1, 0.15) is 53.9 Å². The second kappa shape index (κ2) is 5.94. The van der Waals surface area contributed by atoms with Crippen LogP contribution in [0.3, 0.4) is 0 Å². The van der Waals surface area contributed by atoms with Crippen molar-refractivity contribution >= 4 is 18.9 Å². The second-order valence-corrected chi connectivity index (χ2v) is 7.41. The van der Waals surface area contributed by atoms with Crippen molar-refractivity contribution in [1.29, 1.82) is 0 Å². The summed E-state index contributed by atoms with van der Waals surface area (Å²) in [4.78, 5) is 23.7. The molecule has 0 aromatic heterocycles. The maximum Gasteiger partial charge on any atom is 0.490 e. The van der Waals surface area contributed by atoms with E-state index in [0.29, 0.717) is 19.3 Å². The minimum Gasteiger partial charge on any atom is -0.400 e. The molecule has 2 rings (SSSR count). The van der Waals surface area contributed by atoms with Crippen molar-refractivity contribution in [3.8, 4) is 0 Å². The van der Waals surface area contributed by atoms with E-state index in [0.717, 1.165) is 5.47 Å². The van der Waals surface area contributed by atoms with E-state index < -0.39 is 5.54 Å². The Bertz CT molecular complexity index is 528. The largest absolute Gasteiger partial charge is 0.490 e. The molecule has 1 saturated heterocycles. The van der Waals surface area contributed by atoms with Crippen LogP contribution < -0.4 is 10.6 Å². The lowest BCUT2D eigenvalue weighted by molar-refractivity contribution is -0.132. The van der Waals surface area contributed by atoms with E-state index in [2.05, 4.69) is 10.6 Å². The summed E-state index contributed by atoms with van der Waals surface area (Å²) in [6.45, 7) is 9.49. The Morgan fingerprint density at radius 2 is 1.74 bits per heavy atom. The highest BCUT2D eigenvalue weighted by Gasteiger charge is 2.53. The zero-order valence-electron chi connectivity index (χ0n) is 14.9. The number of hydrogen-bond acceptors (Lipinski definition) is 4. The van der Waals surface area contributed by atoms with Crippen molar-refractivity contribution in [3.05, 3.63) is 11.5 Å². The molecule has 0 bridgehead atoms. The number of allylic oxidation sites excluding steroid dienone is 1. The van der Waals surface area contributed by atoms with E-state index in [1.165, 1.54) is 6.92 Å². The van der Waals surface area contributed by atoms with Crippen LogP contribution in [-0.4, -0.2) is 42.7 Å². The van der Waals surface area contributed by atoms with E-state index in [1.54, 1.807) is 7.05 Å². The number of likely N-dealkylation sites (N-methyl/N-ethyl adjacent to an activating group) is 1. The van der Waals surface area contributed by atoms with Gasteiger partial charge >= 0.3 is 7.12 Å². The van der Waals surface area contributed by atoms with Gasteiger partial charge in [0.2, 0.25) is 11.8 Å². The van der Waals surface area contributed by atoms with Crippen LogP contribution in [-0.2, 0) is 18.9 Å². The summed E-state index contributed by atoms with van der Waals surface area (Å²) in [5, 5.41) is 5.46. The maximum absolute atomic E-state index is 12.2. The molecule has 0 saturated carbocycles. The molecule has 128 valence electrons. The molecule has 1 atom stereocenters. The van der Waals surface area contributed by atoms with Crippen LogP contribution in [0.2, 0.25) is 0 Å². The van der Waals surface area contributed by atoms with Gasteiger partial charge in [-0.15, -0.1) is 0 Å². The van der Waals surface area contributed by atoms with Gasteiger partial charge in [0.05, 0.1) is 11.2 Å². The van der Waals surface area contributed by atoms with Crippen LogP contribution in [0.15, 0.2) is 11.5 Å². The van der Waals surface area contributed by atoms with Gasteiger partial charge in [0, 0.05) is 14.0 Å². The molecule has 6 nitrogen and oxygen atoms in total. The first-order valence-corrected chi connectivity index (χ1v) is 8.08. The Morgan fingerprint density at radius 3 is 2.13 bits per heavy atom. The van der Waals surface area contributed by atoms with Crippen LogP contribution >= 0.6 is 0 Å². The molecule has 0 spiro atoms. The first-order chi connectivity index (χ1) is 10.5. The van der Waals surface area contributed by atoms with Gasteiger partial charge in [-0.05, 0) is 52.4 Å². The van der Waals surface area contributed by atoms with Crippen LogP contribution in [0.25, 0.3) is 0 Å². The molecular weight excluding hydrogens is 295 g/mol. The van der Waals surface area contributed by atoms with Gasteiger partial charge in [-0.1, -0.05) is 6.08 Å². The standard InChI is InChI=1S/C16H27BN2O4/c1-11(20)19-16(13(21)18-6)9-7-12(8-10-16)17-22-14(2,3)15(4,5)23-17/h7H,8-10H2,1-6H3,(H,18,21)(H,19,20). The third kappa shape index (κ3) is 3.31. The minimum atomic E-state index is -0.881. The highest BCUT2D eigenvalue weighted by atomic mass is 16.7. The van der Waals surface area contributed by atoms with Crippen molar-refractivity contribution < 1.29 is 18.9 Å². The average molecular weight is 322 g/mol. The first-order valence-electron chi connectivity index (χ1n) is 8.08. The highest BCUT2D eigenvalue weighted by molar-refractivity contribution is 6.54. The summed E-state index contributed by atoms with van der Waals surface area (Å²) >= 11 is 0. The molecule has 23 heavy (non-hydrogen) atoms. The predicted molar refractivity (Wildman–Crippen MR) is 88.6 cm³/mol. The Labute approximate surface area is 138 Å². The fraction of sp³-hybridized carbons (Fsp3) is 0.750. The van der Waals surface area contributed by atoms with E-state index in [9.17, 15) is 9.59 Å². The number of amides is 2. The van der Waals surface area contributed by atoms with Gasteiger partial charge in [-0.2, -0.15) is 0 Å². The molecule has 1 heterocycles. The molecule has 2 N–H and O–H groups in total. The third-order valence-electron chi connectivity index (χ3n) is 5.19. The second-order valence-electron chi connectivity index (χ2n) is 7.41. The Hall–Kier alpha value is -1.34. The highest BCUT2D eigenvalue weighted by Crippen LogP contribution is 2.41. The summed E-state index contributed by atoms with van der Waals surface area (Å²) in [6, 6.07) is 0. The molecule has 0 radical (unpaired) electrons. The molecule has 2 amide bonds. The zero-order chi connectivity index (χ0) is 17.5. The lowest BCUT2D eigenvalue weighted by Crippen LogP contribution is -2.58. The van der Waals surface area contributed by atoms with Crippen molar-refractivity contribution in [2.75, 3.05) is 7.05 Å². The molecule has 7 heteroatoms. The summed E-state index contributed by atoms with van der Waals surface area (Å²) < 4.78 is 12.1. The molecular formula is C16H27BN2O4. The Morgan fingerprint density at radius 1 is 1.17 bits per heavy atom. The smallest absolute Gasteiger partial charge is 0.400 e. The molecule has 1 aliphatic carbocycles. The van der Waals surface area contributed by atoms with Crippen molar-refractivity contribution in [2.45, 2.75) is 70.6 Å². The van der Waals surface area contributed by atoms with E-state index in [1.807, 2.05) is 33.8 Å². The lowest BCUT2D eigenvalue weighted by Gasteiger charge is -2.35. The molecule has 1 fully saturated rings. The number of hydrogen-bond donors (Lipinski definition) is 2. The number of rotatable bonds is 3. The molecule has 1 unspecified atom stereocenters. The van der Waals surface area contributed by atoms with E-state index in [4.69, 9.17) is 9.31 Å². The summed E-state index contributed by atoms with van der Waals surface area (Å²) in [6.07, 6.45) is 3.58. The fourth-order valence-electron chi connectivity index (χ4n) is 3.03. The van der Waals surface area contributed by atoms with Crippen LogP contribution in [0.5, 0.6) is 0 Å². The minimum absolute atomic E-state index is 0.170. The van der Waals surface area contributed by atoms with Gasteiger partial charge < -0.3 is 19.9 Å². The van der Waals surface area contributed by atoms with E-state index in [-0.39, 0.29) is 30.1 Å². The van der Waals surface area contributed by atoms with Gasteiger partial charge in [-0.3, -0.25) is 9.59 Å². The summed E-state index contributed by atoms with van der Waals surface area (Å²) in [7, 11) is 1.19. The number of nitrogens with one attached hydrogen (secondary N) is 2. The zero-order valence-corrected chi connectivity index (χ0v) is 14.9.